The zero-order valence-electron chi connectivity index (χ0n) is 19.9. The monoisotopic (exact) mass is 503 g/mol. The fraction of sp³-hybridized carbons (Fsp3) is 0.391. The maximum Gasteiger partial charge on any atom is 0.328 e. The van der Waals surface area contributed by atoms with Crippen molar-refractivity contribution in [2.45, 2.75) is 6.54 Å². The van der Waals surface area contributed by atoms with Crippen LogP contribution in [0.15, 0.2) is 46.0 Å². The van der Waals surface area contributed by atoms with E-state index in [0.29, 0.717) is 6.54 Å². The lowest BCUT2D eigenvalue weighted by atomic mass is 10.2. The number of piperazine rings is 1. The van der Waals surface area contributed by atoms with Gasteiger partial charge in [-0.3, -0.25) is 19.0 Å². The van der Waals surface area contributed by atoms with Crippen molar-refractivity contribution in [3.05, 3.63) is 57.2 Å². The summed E-state index contributed by atoms with van der Waals surface area (Å²) in [6.07, 6.45) is 1.01. The Labute approximate surface area is 202 Å². The number of aromatic amines is 1. The molecule has 3 aromatic rings. The zero-order chi connectivity index (χ0) is 25.2. The Kier molecular flexibility index (Phi) is 7.03. The number of benzene rings is 2. The standard InChI is InChI=1S/C23H29N5O6S/c1-33-20-7-5-4-6-19(20)27-11-8-26(9-12-27)10-13-28-22(29)16-14-21(34-2)18(25-35(3,31)32)15-17(16)24-23(28)30/h4-7,14-15,25H,8-13H2,1-3H3,(H,24,30). The molecular formula is C23H29N5O6S. The molecule has 11 nitrogen and oxygen atoms in total. The van der Waals surface area contributed by atoms with Crippen LogP contribution in [0.3, 0.4) is 0 Å². The normalized spacial score (nSPS) is 14.8. The molecule has 1 aliphatic rings. The van der Waals surface area contributed by atoms with Gasteiger partial charge in [-0.2, -0.15) is 0 Å². The summed E-state index contributed by atoms with van der Waals surface area (Å²) in [6.45, 7) is 3.94. The van der Waals surface area contributed by atoms with E-state index in [1.165, 1.54) is 19.2 Å². The third-order valence-corrected chi connectivity index (χ3v) is 6.63. The van der Waals surface area contributed by atoms with Crippen LogP contribution in [0.5, 0.6) is 11.5 Å². The van der Waals surface area contributed by atoms with Crippen molar-refractivity contribution >= 4 is 32.3 Å². The van der Waals surface area contributed by atoms with Gasteiger partial charge in [0.15, 0.2) is 0 Å². The summed E-state index contributed by atoms with van der Waals surface area (Å²) in [4.78, 5) is 32.9. The van der Waals surface area contributed by atoms with Crippen molar-refractivity contribution in [2.75, 3.05) is 62.8 Å². The van der Waals surface area contributed by atoms with E-state index < -0.39 is 21.3 Å². The molecule has 35 heavy (non-hydrogen) atoms. The lowest BCUT2D eigenvalue weighted by Gasteiger charge is -2.36. The van der Waals surface area contributed by atoms with E-state index in [4.69, 9.17) is 9.47 Å². The number of H-pyrrole nitrogens is 1. The minimum atomic E-state index is -3.57. The number of hydrogen-bond donors (Lipinski definition) is 2. The van der Waals surface area contributed by atoms with E-state index >= 15 is 0 Å². The van der Waals surface area contributed by atoms with Crippen LogP contribution in [0.25, 0.3) is 10.9 Å². The number of fused-ring (bicyclic) bond motifs is 1. The second-order valence-corrected chi connectivity index (χ2v) is 10.1. The molecule has 1 fully saturated rings. The van der Waals surface area contributed by atoms with Crippen LogP contribution in [-0.4, -0.2) is 76.1 Å². The third kappa shape index (κ3) is 5.43. The number of ether oxygens (including phenoxy) is 2. The van der Waals surface area contributed by atoms with Gasteiger partial charge >= 0.3 is 5.69 Å². The molecule has 0 unspecified atom stereocenters. The minimum absolute atomic E-state index is 0.142. The molecule has 1 saturated heterocycles. The first-order valence-corrected chi connectivity index (χ1v) is 13.0. The number of aromatic nitrogens is 2. The van der Waals surface area contributed by atoms with Crippen LogP contribution in [0.4, 0.5) is 11.4 Å². The molecule has 1 aromatic heterocycles. The van der Waals surface area contributed by atoms with Crippen LogP contribution in [0.2, 0.25) is 0 Å². The maximum atomic E-state index is 13.1. The largest absolute Gasteiger partial charge is 0.495 e. The van der Waals surface area contributed by atoms with Gasteiger partial charge in [-0.05, 0) is 24.3 Å². The average molecular weight is 504 g/mol. The molecule has 4 rings (SSSR count). The van der Waals surface area contributed by atoms with Crippen molar-refractivity contribution in [2.24, 2.45) is 0 Å². The highest BCUT2D eigenvalue weighted by Gasteiger charge is 2.20. The van der Waals surface area contributed by atoms with Crippen molar-refractivity contribution in [3.63, 3.8) is 0 Å². The summed E-state index contributed by atoms with van der Waals surface area (Å²) in [7, 11) is -0.537. The quantitative estimate of drug-likeness (QED) is 0.465. The number of anilines is 2. The van der Waals surface area contributed by atoms with Crippen LogP contribution < -0.4 is 30.3 Å². The summed E-state index contributed by atoms with van der Waals surface area (Å²) >= 11 is 0. The smallest absolute Gasteiger partial charge is 0.328 e. The van der Waals surface area contributed by atoms with Gasteiger partial charge in [0.2, 0.25) is 10.0 Å². The van der Waals surface area contributed by atoms with Crippen LogP contribution in [-0.2, 0) is 16.6 Å². The van der Waals surface area contributed by atoms with E-state index in [1.54, 1.807) is 7.11 Å². The van der Waals surface area contributed by atoms with E-state index in [-0.39, 0.29) is 28.9 Å². The van der Waals surface area contributed by atoms with Gasteiger partial charge in [0.05, 0.1) is 42.8 Å². The van der Waals surface area contributed by atoms with E-state index in [9.17, 15) is 18.0 Å². The Bertz CT molecular complexity index is 1440. The Balaban J connectivity index is 1.49. The molecule has 0 spiro atoms. The molecule has 0 bridgehead atoms. The van der Waals surface area contributed by atoms with Crippen LogP contribution in [0, 0.1) is 0 Å². The van der Waals surface area contributed by atoms with Crippen molar-refractivity contribution in [1.29, 1.82) is 0 Å². The zero-order valence-corrected chi connectivity index (χ0v) is 20.7. The highest BCUT2D eigenvalue weighted by atomic mass is 32.2. The molecule has 188 valence electrons. The Morgan fingerprint density at radius 1 is 0.971 bits per heavy atom. The van der Waals surface area contributed by atoms with E-state index in [1.807, 2.05) is 24.3 Å². The first kappa shape index (κ1) is 24.6. The number of methoxy groups -OCH3 is 2. The lowest BCUT2D eigenvalue weighted by Crippen LogP contribution is -2.48. The van der Waals surface area contributed by atoms with Crippen molar-refractivity contribution in [3.8, 4) is 11.5 Å². The summed E-state index contributed by atoms with van der Waals surface area (Å²) in [5.74, 6) is 1.02. The lowest BCUT2D eigenvalue weighted by molar-refractivity contribution is 0.245. The third-order valence-electron chi connectivity index (χ3n) is 6.04. The Morgan fingerprint density at radius 2 is 1.66 bits per heavy atom. The molecule has 0 amide bonds. The van der Waals surface area contributed by atoms with Crippen molar-refractivity contribution in [1.82, 2.24) is 14.5 Å². The van der Waals surface area contributed by atoms with Crippen molar-refractivity contribution < 1.29 is 17.9 Å². The molecular weight excluding hydrogens is 474 g/mol. The van der Waals surface area contributed by atoms with E-state index in [0.717, 1.165) is 48.4 Å². The van der Waals surface area contributed by atoms with Gasteiger partial charge in [-0.25, -0.2) is 13.2 Å². The predicted octanol–water partition coefficient (Wildman–Crippen LogP) is 0.901. The molecule has 2 heterocycles. The molecule has 2 aromatic carbocycles. The average Bonchev–Trinajstić information content (AvgIpc) is 2.83. The number of nitrogens with zero attached hydrogens (tertiary/aromatic N) is 3. The topological polar surface area (TPSA) is 126 Å². The molecule has 0 aliphatic carbocycles. The molecule has 12 heteroatoms. The highest BCUT2D eigenvalue weighted by molar-refractivity contribution is 7.92. The Morgan fingerprint density at radius 3 is 2.31 bits per heavy atom. The maximum absolute atomic E-state index is 13.1. The number of para-hydroxylation sites is 2. The fourth-order valence-electron chi connectivity index (χ4n) is 4.28. The van der Waals surface area contributed by atoms with Crippen LogP contribution in [0.1, 0.15) is 0 Å². The van der Waals surface area contributed by atoms with Gasteiger partial charge in [-0.1, -0.05) is 12.1 Å². The Hall–Kier alpha value is -3.51. The highest BCUT2D eigenvalue weighted by Crippen LogP contribution is 2.29. The molecule has 1 aliphatic heterocycles. The molecule has 0 atom stereocenters. The van der Waals surface area contributed by atoms with Gasteiger partial charge < -0.3 is 19.4 Å². The number of hydrogen-bond acceptors (Lipinski definition) is 8. The summed E-state index contributed by atoms with van der Waals surface area (Å²) in [6, 6.07) is 10.7. The van der Waals surface area contributed by atoms with E-state index in [2.05, 4.69) is 19.5 Å². The number of sulfonamides is 1. The second kappa shape index (κ2) is 10.0. The second-order valence-electron chi connectivity index (χ2n) is 8.36. The molecule has 0 saturated carbocycles. The van der Waals surface area contributed by atoms with Crippen LogP contribution >= 0.6 is 0 Å². The fourth-order valence-corrected chi connectivity index (χ4v) is 4.84. The SMILES string of the molecule is COc1cc2c(=O)n(CCN3CCN(c4ccccc4OC)CC3)c(=O)[nH]c2cc1NS(C)(=O)=O. The molecule has 2 N–H and O–H groups in total. The predicted molar refractivity (Wildman–Crippen MR) is 135 cm³/mol. The minimum Gasteiger partial charge on any atom is -0.495 e. The summed E-state index contributed by atoms with van der Waals surface area (Å²) < 4.78 is 37.5. The van der Waals surface area contributed by atoms with Gasteiger partial charge in [0.25, 0.3) is 5.56 Å². The number of nitrogens with one attached hydrogen (secondary N) is 2. The first-order valence-electron chi connectivity index (χ1n) is 11.1. The van der Waals surface area contributed by atoms with Gasteiger partial charge in [0, 0.05) is 39.3 Å². The summed E-state index contributed by atoms with van der Waals surface area (Å²) in [5, 5.41) is 0.237. The van der Waals surface area contributed by atoms with Gasteiger partial charge in [-0.15, -0.1) is 0 Å². The first-order chi connectivity index (χ1) is 16.7. The van der Waals surface area contributed by atoms with Gasteiger partial charge in [0.1, 0.15) is 11.5 Å². The number of rotatable bonds is 8. The summed E-state index contributed by atoms with van der Waals surface area (Å²) in [5.41, 5.74) is 0.415. The molecule has 0 radical (unpaired) electrons.